The number of pyridine rings is 1. The van der Waals surface area contributed by atoms with Crippen LogP contribution in [0.3, 0.4) is 0 Å². The van der Waals surface area contributed by atoms with Crippen LogP contribution in [0.1, 0.15) is 26.5 Å². The van der Waals surface area contributed by atoms with Crippen LogP contribution < -0.4 is 11.1 Å². The Morgan fingerprint density at radius 1 is 1.50 bits per heavy atom. The van der Waals surface area contributed by atoms with Crippen molar-refractivity contribution in [1.29, 1.82) is 0 Å². The van der Waals surface area contributed by atoms with Gasteiger partial charge in [-0.05, 0) is 26.8 Å². The highest BCUT2D eigenvalue weighted by Crippen LogP contribution is 2.19. The molecule has 1 amide bonds. The van der Waals surface area contributed by atoms with Crippen molar-refractivity contribution in [3.05, 3.63) is 28.0 Å². The van der Waals surface area contributed by atoms with Gasteiger partial charge in [0, 0.05) is 25.2 Å². The standard InChI is InChI=1S/C13H19Cl2N3O2/c1-13(2,3)20-12(19)18-7-9(16)5-11-10(15)4-8(14)6-17-11/h4,6,9H,5,7,16H2,1-3H3,(H,18,19). The lowest BCUT2D eigenvalue weighted by atomic mass is 10.1. The Bertz CT molecular complexity index is 475. The minimum Gasteiger partial charge on any atom is -0.444 e. The van der Waals surface area contributed by atoms with Gasteiger partial charge >= 0.3 is 6.09 Å². The van der Waals surface area contributed by atoms with E-state index in [4.69, 9.17) is 33.7 Å². The molecule has 1 rings (SSSR count). The summed E-state index contributed by atoms with van der Waals surface area (Å²) in [5, 5.41) is 3.54. The average Bonchev–Trinajstić information content (AvgIpc) is 2.28. The van der Waals surface area contributed by atoms with Gasteiger partial charge in [0.25, 0.3) is 0 Å². The summed E-state index contributed by atoms with van der Waals surface area (Å²) >= 11 is 11.8. The molecule has 0 aliphatic rings. The van der Waals surface area contributed by atoms with Crippen LogP contribution in [-0.2, 0) is 11.2 Å². The molecule has 20 heavy (non-hydrogen) atoms. The van der Waals surface area contributed by atoms with E-state index in [9.17, 15) is 4.79 Å². The van der Waals surface area contributed by atoms with Gasteiger partial charge in [-0.25, -0.2) is 4.79 Å². The first-order chi connectivity index (χ1) is 9.17. The fraction of sp³-hybridized carbons (Fsp3) is 0.538. The third-order valence-corrected chi connectivity index (χ3v) is 2.78. The highest BCUT2D eigenvalue weighted by molar-refractivity contribution is 6.34. The molecule has 0 aliphatic heterocycles. The molecule has 0 saturated carbocycles. The van der Waals surface area contributed by atoms with Gasteiger partial charge < -0.3 is 15.8 Å². The summed E-state index contributed by atoms with van der Waals surface area (Å²) in [6.07, 6.45) is 1.45. The van der Waals surface area contributed by atoms with E-state index in [0.29, 0.717) is 22.2 Å². The number of aromatic nitrogens is 1. The second-order valence-electron chi connectivity index (χ2n) is 5.43. The van der Waals surface area contributed by atoms with E-state index in [1.165, 1.54) is 6.20 Å². The smallest absolute Gasteiger partial charge is 0.407 e. The first-order valence-electron chi connectivity index (χ1n) is 6.20. The molecular formula is C13H19Cl2N3O2. The Morgan fingerprint density at radius 3 is 2.70 bits per heavy atom. The summed E-state index contributed by atoms with van der Waals surface area (Å²) in [6.45, 7) is 5.66. The summed E-state index contributed by atoms with van der Waals surface area (Å²) in [4.78, 5) is 15.6. The maximum atomic E-state index is 11.5. The van der Waals surface area contributed by atoms with Crippen LogP contribution in [0.4, 0.5) is 4.79 Å². The second kappa shape index (κ2) is 7.11. The van der Waals surface area contributed by atoms with E-state index >= 15 is 0 Å². The van der Waals surface area contributed by atoms with Gasteiger partial charge in [-0.3, -0.25) is 4.98 Å². The zero-order chi connectivity index (χ0) is 15.3. The number of nitrogens with two attached hydrogens (primary N) is 1. The zero-order valence-electron chi connectivity index (χ0n) is 11.7. The van der Waals surface area contributed by atoms with Crippen molar-refractivity contribution in [3.63, 3.8) is 0 Å². The number of ether oxygens (including phenoxy) is 1. The fourth-order valence-electron chi connectivity index (χ4n) is 1.44. The Balaban J connectivity index is 2.44. The molecule has 1 aromatic rings. The topological polar surface area (TPSA) is 77.2 Å². The predicted molar refractivity (Wildman–Crippen MR) is 80.2 cm³/mol. The second-order valence-corrected chi connectivity index (χ2v) is 6.27. The van der Waals surface area contributed by atoms with E-state index in [1.54, 1.807) is 26.8 Å². The van der Waals surface area contributed by atoms with Crippen molar-refractivity contribution in [2.24, 2.45) is 5.73 Å². The Hall–Kier alpha value is -1.04. The molecule has 0 aromatic carbocycles. The third kappa shape index (κ3) is 6.41. The number of rotatable bonds is 4. The van der Waals surface area contributed by atoms with Crippen LogP contribution in [0, 0.1) is 0 Å². The number of halogens is 2. The van der Waals surface area contributed by atoms with Crippen LogP contribution >= 0.6 is 23.2 Å². The van der Waals surface area contributed by atoms with Crippen LogP contribution in [0.15, 0.2) is 12.3 Å². The summed E-state index contributed by atoms with van der Waals surface area (Å²) in [5.41, 5.74) is 6.04. The maximum Gasteiger partial charge on any atom is 0.407 e. The molecule has 5 nitrogen and oxygen atoms in total. The fourth-order valence-corrected chi connectivity index (χ4v) is 1.90. The number of alkyl carbamates (subject to hydrolysis) is 1. The number of amides is 1. The minimum absolute atomic E-state index is 0.273. The molecule has 0 fully saturated rings. The van der Waals surface area contributed by atoms with Crippen molar-refractivity contribution >= 4 is 29.3 Å². The lowest BCUT2D eigenvalue weighted by molar-refractivity contribution is 0.0524. The van der Waals surface area contributed by atoms with Crippen molar-refractivity contribution < 1.29 is 9.53 Å². The van der Waals surface area contributed by atoms with E-state index in [0.717, 1.165) is 0 Å². The minimum atomic E-state index is -0.533. The molecule has 0 radical (unpaired) electrons. The Morgan fingerprint density at radius 2 is 2.15 bits per heavy atom. The molecule has 1 aromatic heterocycles. The summed E-state index contributed by atoms with van der Waals surface area (Å²) in [6, 6.07) is 1.30. The molecule has 1 heterocycles. The van der Waals surface area contributed by atoms with Crippen molar-refractivity contribution in [3.8, 4) is 0 Å². The van der Waals surface area contributed by atoms with Crippen LogP contribution in [0.5, 0.6) is 0 Å². The van der Waals surface area contributed by atoms with Crippen molar-refractivity contribution in [2.75, 3.05) is 6.54 Å². The highest BCUT2D eigenvalue weighted by Gasteiger charge is 2.17. The summed E-state index contributed by atoms with van der Waals surface area (Å²) in [7, 11) is 0. The third-order valence-electron chi connectivity index (χ3n) is 2.25. The lowest BCUT2D eigenvalue weighted by Gasteiger charge is -2.20. The number of hydrogen-bond donors (Lipinski definition) is 2. The SMILES string of the molecule is CC(C)(C)OC(=O)NCC(N)Cc1ncc(Cl)cc1Cl. The first kappa shape index (κ1) is 17.0. The van der Waals surface area contributed by atoms with E-state index in [1.807, 2.05) is 0 Å². The highest BCUT2D eigenvalue weighted by atomic mass is 35.5. The van der Waals surface area contributed by atoms with Gasteiger partial charge in [0.15, 0.2) is 0 Å². The summed E-state index contributed by atoms with van der Waals surface area (Å²) in [5.74, 6) is 0. The average molecular weight is 320 g/mol. The summed E-state index contributed by atoms with van der Waals surface area (Å²) < 4.78 is 5.11. The number of hydrogen-bond acceptors (Lipinski definition) is 4. The van der Waals surface area contributed by atoms with Crippen molar-refractivity contribution in [2.45, 2.75) is 38.8 Å². The van der Waals surface area contributed by atoms with Gasteiger partial charge in [0.05, 0.1) is 15.7 Å². The molecular weight excluding hydrogens is 301 g/mol. The largest absolute Gasteiger partial charge is 0.444 e. The van der Waals surface area contributed by atoms with Gasteiger partial charge in [-0.15, -0.1) is 0 Å². The quantitative estimate of drug-likeness (QED) is 0.894. The molecule has 0 aliphatic carbocycles. The van der Waals surface area contributed by atoms with Gasteiger partial charge in [-0.2, -0.15) is 0 Å². The number of nitrogens with zero attached hydrogens (tertiary/aromatic N) is 1. The van der Waals surface area contributed by atoms with Crippen LogP contribution in [-0.4, -0.2) is 29.3 Å². The predicted octanol–water partition coefficient (Wildman–Crippen LogP) is 2.78. The number of carbonyl (C=O) groups excluding carboxylic acids is 1. The van der Waals surface area contributed by atoms with Crippen LogP contribution in [0.25, 0.3) is 0 Å². The van der Waals surface area contributed by atoms with Crippen molar-refractivity contribution in [1.82, 2.24) is 10.3 Å². The Kier molecular flexibility index (Phi) is 6.05. The first-order valence-corrected chi connectivity index (χ1v) is 6.95. The maximum absolute atomic E-state index is 11.5. The lowest BCUT2D eigenvalue weighted by Crippen LogP contribution is -2.41. The molecule has 0 saturated heterocycles. The molecule has 112 valence electrons. The molecule has 0 bridgehead atoms. The van der Waals surface area contributed by atoms with Crippen LogP contribution in [0.2, 0.25) is 10.0 Å². The van der Waals surface area contributed by atoms with E-state index in [2.05, 4.69) is 10.3 Å². The normalized spacial score (nSPS) is 12.9. The molecule has 7 heteroatoms. The van der Waals surface area contributed by atoms with E-state index < -0.39 is 11.7 Å². The van der Waals surface area contributed by atoms with E-state index in [-0.39, 0.29) is 12.6 Å². The van der Waals surface area contributed by atoms with Gasteiger partial charge in [0.2, 0.25) is 0 Å². The molecule has 1 unspecified atom stereocenters. The Labute approximate surface area is 128 Å². The number of carbonyl (C=O) groups is 1. The molecule has 1 atom stereocenters. The molecule has 0 spiro atoms. The zero-order valence-corrected chi connectivity index (χ0v) is 13.3. The number of nitrogens with one attached hydrogen (secondary N) is 1. The molecule has 3 N–H and O–H groups in total. The monoisotopic (exact) mass is 319 g/mol. The van der Waals surface area contributed by atoms with Gasteiger partial charge in [-0.1, -0.05) is 23.2 Å². The van der Waals surface area contributed by atoms with Gasteiger partial charge in [0.1, 0.15) is 5.60 Å².